The van der Waals surface area contributed by atoms with E-state index in [1.54, 1.807) is 24.4 Å². The first kappa shape index (κ1) is 22.0. The molecule has 3 rings (SSSR count). The van der Waals surface area contributed by atoms with Crippen LogP contribution >= 0.6 is 46.8 Å². The molecule has 0 bridgehead atoms. The number of benzene rings is 2. The third kappa shape index (κ3) is 5.48. The fourth-order valence-electron chi connectivity index (χ4n) is 2.51. The third-order valence-electron chi connectivity index (χ3n) is 3.97. The Hall–Kier alpha value is -2.65. The summed E-state index contributed by atoms with van der Waals surface area (Å²) in [7, 11) is 0. The number of thiocarbonyl (C=S) groups is 1. The number of carboxylic acid groups (broad SMARTS) is 1. The van der Waals surface area contributed by atoms with Crippen molar-refractivity contribution in [3.8, 4) is 16.2 Å². The van der Waals surface area contributed by atoms with Crippen molar-refractivity contribution in [3.05, 3.63) is 69.0 Å². The molecule has 1 aromatic heterocycles. The van der Waals surface area contributed by atoms with E-state index in [2.05, 4.69) is 15.8 Å². The van der Waals surface area contributed by atoms with Crippen molar-refractivity contribution in [3.63, 3.8) is 0 Å². The quantitative estimate of drug-likeness (QED) is 0.207. The van der Waals surface area contributed by atoms with Crippen molar-refractivity contribution in [2.24, 2.45) is 5.10 Å². The highest BCUT2D eigenvalue weighted by Gasteiger charge is 2.12. The summed E-state index contributed by atoms with van der Waals surface area (Å²) in [5, 5.41) is 29.1. The van der Waals surface area contributed by atoms with E-state index in [-0.39, 0.29) is 21.4 Å². The summed E-state index contributed by atoms with van der Waals surface area (Å²) in [5.74, 6) is -0.893. The average molecular weight is 480 g/mol. The standard InChI is InChI=1S/C20H15Cl2N3O3S2/c21-13-3-1-11(2-4-13)18-17(26)12(10-30-18)7-8-23-25-20(29)24-14-5-6-15(19(27)28)16(22)9-14/h1-6,8-10,26H,7H2,(H,27,28)(H2,24,25,29). The molecule has 154 valence electrons. The number of thiophene rings is 1. The van der Waals surface area contributed by atoms with Crippen LogP contribution in [-0.2, 0) is 6.42 Å². The van der Waals surface area contributed by atoms with Gasteiger partial charge in [0.05, 0.1) is 15.5 Å². The van der Waals surface area contributed by atoms with Gasteiger partial charge < -0.3 is 15.5 Å². The molecule has 2 aromatic carbocycles. The molecule has 0 unspecified atom stereocenters. The first-order chi connectivity index (χ1) is 14.3. The van der Waals surface area contributed by atoms with Gasteiger partial charge in [0.1, 0.15) is 5.75 Å². The summed E-state index contributed by atoms with van der Waals surface area (Å²) in [5.41, 5.74) is 4.83. The molecule has 4 N–H and O–H groups in total. The molecule has 0 aliphatic heterocycles. The van der Waals surface area contributed by atoms with Crippen LogP contribution in [0.25, 0.3) is 10.4 Å². The van der Waals surface area contributed by atoms with Crippen LogP contribution in [0.5, 0.6) is 5.75 Å². The molecule has 1 heterocycles. The molecule has 0 radical (unpaired) electrons. The van der Waals surface area contributed by atoms with Crippen LogP contribution in [0.3, 0.4) is 0 Å². The van der Waals surface area contributed by atoms with Crippen LogP contribution in [0, 0.1) is 0 Å². The number of nitrogens with zero attached hydrogens (tertiary/aromatic N) is 1. The average Bonchev–Trinajstić information content (AvgIpc) is 3.06. The van der Waals surface area contributed by atoms with E-state index in [0.29, 0.717) is 17.1 Å². The Balaban J connectivity index is 1.55. The molecule has 0 saturated carbocycles. The number of halogens is 2. The Morgan fingerprint density at radius 3 is 2.60 bits per heavy atom. The van der Waals surface area contributed by atoms with Gasteiger partial charge in [0.2, 0.25) is 0 Å². The number of anilines is 1. The fourth-order valence-corrected chi connectivity index (χ4v) is 4.05. The number of hydrogen-bond acceptors (Lipinski definition) is 5. The smallest absolute Gasteiger partial charge is 0.337 e. The lowest BCUT2D eigenvalue weighted by atomic mass is 10.1. The molecule has 0 amide bonds. The van der Waals surface area contributed by atoms with Crippen LogP contribution in [0.1, 0.15) is 15.9 Å². The van der Waals surface area contributed by atoms with Gasteiger partial charge in [0.25, 0.3) is 0 Å². The number of aromatic carboxylic acids is 1. The highest BCUT2D eigenvalue weighted by molar-refractivity contribution is 7.80. The summed E-state index contributed by atoms with van der Waals surface area (Å²) in [6, 6.07) is 11.7. The topological polar surface area (TPSA) is 94.0 Å². The minimum absolute atomic E-state index is 0.00709. The normalized spacial score (nSPS) is 10.9. The molecule has 30 heavy (non-hydrogen) atoms. The monoisotopic (exact) mass is 479 g/mol. The predicted octanol–water partition coefficient (Wildman–Crippen LogP) is 5.64. The highest BCUT2D eigenvalue weighted by atomic mass is 35.5. The third-order valence-corrected chi connectivity index (χ3v) is 5.80. The lowest BCUT2D eigenvalue weighted by Gasteiger charge is -2.08. The van der Waals surface area contributed by atoms with Gasteiger partial charge in [-0.3, -0.25) is 5.43 Å². The molecule has 6 nitrogen and oxygen atoms in total. The van der Waals surface area contributed by atoms with Crippen LogP contribution in [0.15, 0.2) is 52.9 Å². The molecule has 0 aliphatic rings. The van der Waals surface area contributed by atoms with Gasteiger partial charge in [0, 0.05) is 28.9 Å². The minimum Gasteiger partial charge on any atom is -0.506 e. The summed E-state index contributed by atoms with van der Waals surface area (Å²) in [4.78, 5) is 11.7. The summed E-state index contributed by atoms with van der Waals surface area (Å²) < 4.78 is 0. The maximum Gasteiger partial charge on any atom is 0.337 e. The van der Waals surface area contributed by atoms with E-state index in [4.69, 9.17) is 40.5 Å². The van der Waals surface area contributed by atoms with E-state index >= 15 is 0 Å². The van der Waals surface area contributed by atoms with Crippen molar-refractivity contribution in [2.45, 2.75) is 6.42 Å². The molecule has 0 saturated heterocycles. The summed E-state index contributed by atoms with van der Waals surface area (Å²) >= 11 is 18.4. The van der Waals surface area contributed by atoms with E-state index < -0.39 is 5.97 Å². The number of hydrogen-bond donors (Lipinski definition) is 4. The SMILES string of the molecule is O=C(O)c1ccc(NC(=S)NN=CCc2csc(-c3ccc(Cl)cc3)c2O)cc1Cl. The Bertz CT molecular complexity index is 1110. The lowest BCUT2D eigenvalue weighted by Crippen LogP contribution is -2.24. The Morgan fingerprint density at radius 2 is 1.93 bits per heavy atom. The number of nitrogens with one attached hydrogen (secondary N) is 2. The zero-order valence-electron chi connectivity index (χ0n) is 15.2. The number of hydrazone groups is 1. The maximum absolute atomic E-state index is 11.0. The van der Waals surface area contributed by atoms with E-state index in [1.807, 2.05) is 17.5 Å². The van der Waals surface area contributed by atoms with Gasteiger partial charge in [0.15, 0.2) is 5.11 Å². The van der Waals surface area contributed by atoms with Gasteiger partial charge in [-0.15, -0.1) is 11.3 Å². The Kier molecular flexibility index (Phi) is 7.28. The molecule has 0 spiro atoms. The van der Waals surface area contributed by atoms with E-state index in [1.165, 1.54) is 23.5 Å². The van der Waals surface area contributed by atoms with Gasteiger partial charge in [-0.05, 0) is 53.5 Å². The molecular formula is C20H15Cl2N3O3S2. The molecule has 0 atom stereocenters. The summed E-state index contributed by atoms with van der Waals surface area (Å²) in [6.45, 7) is 0. The fraction of sp³-hybridized carbons (Fsp3) is 0.0500. The van der Waals surface area contributed by atoms with Gasteiger partial charge in [-0.2, -0.15) is 5.10 Å². The van der Waals surface area contributed by atoms with Gasteiger partial charge >= 0.3 is 5.97 Å². The van der Waals surface area contributed by atoms with Crippen molar-refractivity contribution in [1.82, 2.24) is 5.43 Å². The van der Waals surface area contributed by atoms with Gasteiger partial charge in [-0.1, -0.05) is 35.3 Å². The number of rotatable bonds is 6. The summed E-state index contributed by atoms with van der Waals surface area (Å²) in [6.07, 6.45) is 1.99. The van der Waals surface area contributed by atoms with E-state index in [9.17, 15) is 9.90 Å². The van der Waals surface area contributed by atoms with Crippen LogP contribution in [-0.4, -0.2) is 27.5 Å². The van der Waals surface area contributed by atoms with Crippen molar-refractivity contribution in [1.29, 1.82) is 0 Å². The molecule has 3 aromatic rings. The van der Waals surface area contributed by atoms with Crippen LogP contribution < -0.4 is 10.7 Å². The second-order valence-corrected chi connectivity index (χ2v) is 8.16. The number of carboxylic acids is 1. The largest absolute Gasteiger partial charge is 0.506 e. The van der Waals surface area contributed by atoms with E-state index in [0.717, 1.165) is 16.0 Å². The molecule has 10 heteroatoms. The second-order valence-electron chi connectivity index (χ2n) is 6.03. The zero-order chi connectivity index (χ0) is 21.7. The first-order valence-electron chi connectivity index (χ1n) is 8.51. The molecular weight excluding hydrogens is 465 g/mol. The second kappa shape index (κ2) is 9.90. The zero-order valence-corrected chi connectivity index (χ0v) is 18.4. The lowest BCUT2D eigenvalue weighted by molar-refractivity contribution is 0.0697. The first-order valence-corrected chi connectivity index (χ1v) is 10.6. The van der Waals surface area contributed by atoms with Crippen molar-refractivity contribution >= 4 is 69.7 Å². The van der Waals surface area contributed by atoms with Crippen molar-refractivity contribution < 1.29 is 15.0 Å². The highest BCUT2D eigenvalue weighted by Crippen LogP contribution is 2.38. The molecule has 0 fully saturated rings. The van der Waals surface area contributed by atoms with Crippen LogP contribution in [0.4, 0.5) is 5.69 Å². The Morgan fingerprint density at radius 1 is 1.20 bits per heavy atom. The van der Waals surface area contributed by atoms with Crippen molar-refractivity contribution in [2.75, 3.05) is 5.32 Å². The molecule has 0 aliphatic carbocycles. The van der Waals surface area contributed by atoms with Crippen LogP contribution in [0.2, 0.25) is 10.0 Å². The maximum atomic E-state index is 11.0. The number of carbonyl (C=O) groups is 1. The van der Waals surface area contributed by atoms with Gasteiger partial charge in [-0.25, -0.2) is 4.79 Å². The Labute approximate surface area is 191 Å². The minimum atomic E-state index is -1.10. The number of aromatic hydroxyl groups is 1. The predicted molar refractivity (Wildman–Crippen MR) is 126 cm³/mol.